The number of alkyl halides is 3. The molecule has 1 aromatic carbocycles. The normalized spacial score (nSPS) is 19.2. The van der Waals surface area contributed by atoms with E-state index in [1.165, 1.54) is 0 Å². The number of aliphatic carboxylic acids is 2. The Kier molecular flexibility index (Phi) is 7.44. The Labute approximate surface area is 183 Å². The molecule has 0 unspecified atom stereocenters. The van der Waals surface area contributed by atoms with E-state index in [-0.39, 0.29) is 17.0 Å². The summed E-state index contributed by atoms with van der Waals surface area (Å²) in [6, 6.07) is 1.82. The molecule has 0 amide bonds. The van der Waals surface area contributed by atoms with Crippen LogP contribution < -0.4 is 4.18 Å². The Hall–Kier alpha value is -2.82. The largest absolute Gasteiger partial charge is 0.534 e. The van der Waals surface area contributed by atoms with Gasteiger partial charge in [-0.3, -0.25) is 9.59 Å². The van der Waals surface area contributed by atoms with Crippen LogP contribution in [0.2, 0.25) is 0 Å². The Morgan fingerprint density at radius 2 is 1.66 bits per heavy atom. The molecule has 11 heteroatoms. The third-order valence-corrected chi connectivity index (χ3v) is 6.19. The maximum atomic E-state index is 12.8. The fraction of sp³-hybridized carbons (Fsp3) is 0.429. The molecule has 1 aromatic rings. The van der Waals surface area contributed by atoms with Gasteiger partial charge < -0.3 is 14.4 Å². The van der Waals surface area contributed by atoms with Crippen molar-refractivity contribution in [1.82, 2.24) is 0 Å². The van der Waals surface area contributed by atoms with Crippen LogP contribution in [0.1, 0.15) is 49.3 Å². The highest BCUT2D eigenvalue weighted by atomic mass is 32.2. The van der Waals surface area contributed by atoms with Gasteiger partial charge in [0.05, 0.1) is 12.8 Å². The van der Waals surface area contributed by atoms with E-state index in [1.807, 2.05) is 13.0 Å². The predicted molar refractivity (Wildman–Crippen MR) is 109 cm³/mol. The molecule has 0 aliphatic heterocycles. The second kappa shape index (κ2) is 9.35. The summed E-state index contributed by atoms with van der Waals surface area (Å²) in [5, 5.41) is 18.7. The Morgan fingerprint density at radius 1 is 1.16 bits per heavy atom. The summed E-state index contributed by atoms with van der Waals surface area (Å²) in [5.74, 6) is -4.09. The zero-order chi connectivity index (χ0) is 24.4. The van der Waals surface area contributed by atoms with E-state index in [0.717, 1.165) is 29.7 Å². The number of rotatable bonds is 8. The van der Waals surface area contributed by atoms with Crippen LogP contribution in [0.15, 0.2) is 35.9 Å². The maximum Gasteiger partial charge on any atom is 0.534 e. The maximum absolute atomic E-state index is 12.8. The molecule has 1 aliphatic carbocycles. The minimum atomic E-state index is -6.03. The smallest absolute Gasteiger partial charge is 0.481 e. The minimum absolute atomic E-state index is 0.0224. The lowest BCUT2D eigenvalue weighted by Gasteiger charge is -2.33. The van der Waals surface area contributed by atoms with Gasteiger partial charge in [0.1, 0.15) is 5.75 Å². The number of carboxylic acids is 2. The Bertz CT molecular complexity index is 1030. The molecule has 0 spiro atoms. The SMILES string of the molecule is C=C(C)[C@@H]1CCC(C)=C[C@H]1c1c(CC(=O)O)cc(OS(=O)(=O)C(F)(F)F)cc1CC(=O)O. The fourth-order valence-corrected chi connectivity index (χ4v) is 4.37. The lowest BCUT2D eigenvalue weighted by atomic mass is 9.71. The van der Waals surface area contributed by atoms with Crippen molar-refractivity contribution >= 4 is 22.1 Å². The molecule has 2 N–H and O–H groups in total. The van der Waals surface area contributed by atoms with Crippen molar-refractivity contribution in [2.45, 2.75) is 51.0 Å². The fourth-order valence-electron chi connectivity index (χ4n) is 3.92. The Balaban J connectivity index is 2.78. The van der Waals surface area contributed by atoms with Gasteiger partial charge in [-0.1, -0.05) is 23.8 Å². The molecule has 7 nitrogen and oxygen atoms in total. The molecule has 2 atom stereocenters. The van der Waals surface area contributed by atoms with Crippen LogP contribution in [0, 0.1) is 5.92 Å². The molecule has 0 aromatic heterocycles. The molecule has 0 bridgehead atoms. The van der Waals surface area contributed by atoms with Gasteiger partial charge in [-0.2, -0.15) is 21.6 Å². The Morgan fingerprint density at radius 3 is 2.06 bits per heavy atom. The van der Waals surface area contributed by atoms with Crippen LogP contribution in [0.5, 0.6) is 5.75 Å². The average molecular weight is 476 g/mol. The number of benzene rings is 1. The zero-order valence-electron chi connectivity index (χ0n) is 17.4. The van der Waals surface area contributed by atoms with Crippen LogP contribution in [0.25, 0.3) is 0 Å². The predicted octanol–water partition coefficient (Wildman–Crippen LogP) is 4.19. The first-order chi connectivity index (χ1) is 14.6. The van der Waals surface area contributed by atoms with Gasteiger partial charge in [-0.25, -0.2) is 0 Å². The number of hydrogen-bond acceptors (Lipinski definition) is 5. The van der Waals surface area contributed by atoms with E-state index in [4.69, 9.17) is 0 Å². The quantitative estimate of drug-likeness (QED) is 0.328. The summed E-state index contributed by atoms with van der Waals surface area (Å²) in [5.41, 5.74) is -3.67. The van der Waals surface area contributed by atoms with E-state index in [1.54, 1.807) is 6.92 Å². The molecule has 0 heterocycles. The van der Waals surface area contributed by atoms with Crippen molar-refractivity contribution in [1.29, 1.82) is 0 Å². The number of carbonyl (C=O) groups is 2. The minimum Gasteiger partial charge on any atom is -0.481 e. The highest BCUT2D eigenvalue weighted by Gasteiger charge is 2.48. The molecule has 32 heavy (non-hydrogen) atoms. The van der Waals surface area contributed by atoms with Crippen molar-refractivity contribution in [2.75, 3.05) is 0 Å². The first-order valence-electron chi connectivity index (χ1n) is 9.55. The van der Waals surface area contributed by atoms with Crippen LogP contribution in [0.3, 0.4) is 0 Å². The van der Waals surface area contributed by atoms with Crippen LogP contribution >= 0.6 is 0 Å². The summed E-state index contributed by atoms with van der Waals surface area (Å²) in [7, 11) is -6.03. The second-order valence-corrected chi connectivity index (χ2v) is 9.35. The van der Waals surface area contributed by atoms with E-state index >= 15 is 0 Å². The highest BCUT2D eigenvalue weighted by Crippen LogP contribution is 2.44. The molecule has 1 aliphatic rings. The van der Waals surface area contributed by atoms with Gasteiger partial charge in [0.2, 0.25) is 0 Å². The number of carboxylic acid groups (broad SMARTS) is 2. The summed E-state index contributed by atoms with van der Waals surface area (Å²) in [6.45, 7) is 7.61. The second-order valence-electron chi connectivity index (χ2n) is 7.81. The van der Waals surface area contributed by atoms with Gasteiger partial charge in [0.25, 0.3) is 0 Å². The summed E-state index contributed by atoms with van der Waals surface area (Å²) in [6.07, 6.45) is 1.94. The van der Waals surface area contributed by atoms with E-state index in [2.05, 4.69) is 10.8 Å². The van der Waals surface area contributed by atoms with Crippen LogP contribution in [-0.4, -0.2) is 36.1 Å². The molecule has 2 rings (SSSR count). The molecule has 0 radical (unpaired) electrons. The topological polar surface area (TPSA) is 118 Å². The van der Waals surface area contributed by atoms with Gasteiger partial charge >= 0.3 is 27.6 Å². The molecule has 0 saturated carbocycles. The van der Waals surface area contributed by atoms with Gasteiger partial charge in [0.15, 0.2) is 0 Å². The molecule has 0 saturated heterocycles. The standard InChI is InChI=1S/C21H23F3O7S/c1-11(2)16-5-4-12(3)6-17(16)20-13(9-18(25)26)7-15(8-14(20)10-19(27)28)31-32(29,30)21(22,23)24/h6-8,16-17H,1,4-5,9-10H2,2-3H3,(H,25,26)(H,27,28)/t16-,17+/m0/s1. The van der Waals surface area contributed by atoms with Gasteiger partial charge in [-0.05, 0) is 61.4 Å². The van der Waals surface area contributed by atoms with Crippen molar-refractivity contribution in [3.8, 4) is 5.75 Å². The van der Waals surface area contributed by atoms with E-state index < -0.39 is 52.1 Å². The summed E-state index contributed by atoms with van der Waals surface area (Å²) >= 11 is 0. The highest BCUT2D eigenvalue weighted by molar-refractivity contribution is 7.88. The molecule has 176 valence electrons. The number of hydrogen-bond donors (Lipinski definition) is 2. The average Bonchev–Trinajstić information content (AvgIpc) is 2.58. The third-order valence-electron chi connectivity index (χ3n) is 5.21. The molecule has 0 fully saturated rings. The monoisotopic (exact) mass is 476 g/mol. The summed E-state index contributed by atoms with van der Waals surface area (Å²) < 4.78 is 65.4. The summed E-state index contributed by atoms with van der Waals surface area (Å²) in [4.78, 5) is 23.0. The van der Waals surface area contributed by atoms with Gasteiger partial charge in [-0.15, -0.1) is 0 Å². The number of allylic oxidation sites excluding steroid dienone is 3. The zero-order valence-corrected chi connectivity index (χ0v) is 18.2. The number of halogens is 3. The van der Waals surface area contributed by atoms with Crippen molar-refractivity contribution in [3.63, 3.8) is 0 Å². The van der Waals surface area contributed by atoms with Crippen molar-refractivity contribution < 1.29 is 45.6 Å². The lowest BCUT2D eigenvalue weighted by molar-refractivity contribution is -0.137. The first kappa shape index (κ1) is 25.4. The van der Waals surface area contributed by atoms with Crippen molar-refractivity contribution in [2.24, 2.45) is 5.92 Å². The first-order valence-corrected chi connectivity index (χ1v) is 11.0. The van der Waals surface area contributed by atoms with E-state index in [0.29, 0.717) is 12.0 Å². The molecular weight excluding hydrogens is 453 g/mol. The van der Waals surface area contributed by atoms with Crippen molar-refractivity contribution in [3.05, 3.63) is 52.6 Å². The van der Waals surface area contributed by atoms with E-state index in [9.17, 15) is 41.4 Å². The van der Waals surface area contributed by atoms with Crippen LogP contribution in [0.4, 0.5) is 13.2 Å². The molecular formula is C21H23F3O7S. The van der Waals surface area contributed by atoms with Gasteiger partial charge in [0, 0.05) is 5.92 Å². The van der Waals surface area contributed by atoms with Crippen LogP contribution in [-0.2, 0) is 32.5 Å². The third kappa shape index (κ3) is 5.90. The lowest BCUT2D eigenvalue weighted by Crippen LogP contribution is -2.28.